The van der Waals surface area contributed by atoms with Crippen LogP contribution >= 0.6 is 11.6 Å². The number of hydrogen-bond donors (Lipinski definition) is 1. The van der Waals surface area contributed by atoms with E-state index in [0.29, 0.717) is 10.6 Å². The normalized spacial score (nSPS) is 16.1. The summed E-state index contributed by atoms with van der Waals surface area (Å²) in [6, 6.07) is 7.02. The smallest absolute Gasteiger partial charge is 0.343 e. The third kappa shape index (κ3) is 3.61. The van der Waals surface area contributed by atoms with Crippen LogP contribution in [0.5, 0.6) is 0 Å². The molecule has 0 radical (unpaired) electrons. The largest absolute Gasteiger partial charge is 0.506 e. The molecule has 1 aliphatic carbocycles. The zero-order valence-corrected chi connectivity index (χ0v) is 11.9. The third-order valence-corrected chi connectivity index (χ3v) is 3.17. The molecular formula is C15H16ClNO3. The molecule has 0 atom stereocenters. The molecule has 0 unspecified atom stereocenters. The molecule has 1 fully saturated rings. The molecule has 0 saturated heterocycles. The Bertz CT molecular complexity index is 562. The highest BCUT2D eigenvalue weighted by molar-refractivity contribution is 6.32. The van der Waals surface area contributed by atoms with Crippen LogP contribution in [0.4, 0.5) is 0 Å². The van der Waals surface area contributed by atoms with Crippen LogP contribution in [-0.4, -0.2) is 29.9 Å². The molecule has 1 aromatic rings. The topological polar surface area (TPSA) is 58.9 Å². The molecular weight excluding hydrogens is 278 g/mol. The Hall–Kier alpha value is -1.81. The molecule has 106 valence electrons. The first-order valence-corrected chi connectivity index (χ1v) is 6.89. The van der Waals surface area contributed by atoms with Gasteiger partial charge in [-0.3, -0.25) is 4.99 Å². The lowest BCUT2D eigenvalue weighted by molar-refractivity contribution is -0.137. The van der Waals surface area contributed by atoms with Gasteiger partial charge in [0.15, 0.2) is 0 Å². The number of carbonyl (C=O) groups is 1. The maximum absolute atomic E-state index is 11.9. The van der Waals surface area contributed by atoms with Crippen molar-refractivity contribution < 1.29 is 14.6 Å². The van der Waals surface area contributed by atoms with E-state index in [9.17, 15) is 9.90 Å². The lowest BCUT2D eigenvalue weighted by Gasteiger charge is -2.08. The highest BCUT2D eigenvalue weighted by Crippen LogP contribution is 2.26. The average molecular weight is 294 g/mol. The number of nitrogens with zero attached hydrogens (tertiary/aromatic N) is 1. The maximum atomic E-state index is 11.9. The van der Waals surface area contributed by atoms with Gasteiger partial charge in [-0.15, -0.1) is 0 Å². The van der Waals surface area contributed by atoms with Crippen molar-refractivity contribution in [2.45, 2.75) is 25.8 Å². The summed E-state index contributed by atoms with van der Waals surface area (Å²) >= 11 is 6.03. The first-order valence-electron chi connectivity index (χ1n) is 6.52. The molecule has 0 amide bonds. The van der Waals surface area contributed by atoms with E-state index in [4.69, 9.17) is 16.3 Å². The molecule has 4 nitrogen and oxygen atoms in total. The van der Waals surface area contributed by atoms with Gasteiger partial charge in [0.2, 0.25) is 0 Å². The van der Waals surface area contributed by atoms with Crippen LogP contribution in [0, 0.1) is 0 Å². The van der Waals surface area contributed by atoms with Crippen molar-refractivity contribution in [3.05, 3.63) is 40.4 Å². The Morgan fingerprint density at radius 1 is 1.50 bits per heavy atom. The van der Waals surface area contributed by atoms with E-state index in [1.807, 2.05) is 0 Å². The summed E-state index contributed by atoms with van der Waals surface area (Å²) in [6.45, 7) is 1.94. The summed E-state index contributed by atoms with van der Waals surface area (Å²) in [4.78, 5) is 16.2. The van der Waals surface area contributed by atoms with Gasteiger partial charge in [-0.1, -0.05) is 23.7 Å². The minimum absolute atomic E-state index is 0.0341. The number of aliphatic hydroxyl groups excluding tert-OH is 1. The van der Waals surface area contributed by atoms with Crippen molar-refractivity contribution in [3.8, 4) is 0 Å². The molecule has 20 heavy (non-hydrogen) atoms. The summed E-state index contributed by atoms with van der Waals surface area (Å²) in [5, 5.41) is 10.7. The fourth-order valence-corrected chi connectivity index (χ4v) is 1.85. The van der Waals surface area contributed by atoms with Gasteiger partial charge in [-0.25, -0.2) is 4.79 Å². The number of ether oxygens (including phenoxy) is 1. The predicted molar refractivity (Wildman–Crippen MR) is 79.1 cm³/mol. The van der Waals surface area contributed by atoms with E-state index in [1.165, 1.54) is 6.21 Å². The number of aliphatic imine (C=N–C) groups is 1. The summed E-state index contributed by atoms with van der Waals surface area (Å²) in [5.74, 6) is -0.812. The van der Waals surface area contributed by atoms with Crippen molar-refractivity contribution in [2.75, 3.05) is 6.61 Å². The number of hydrogen-bond acceptors (Lipinski definition) is 4. The van der Waals surface area contributed by atoms with Crippen molar-refractivity contribution in [1.29, 1.82) is 0 Å². The van der Waals surface area contributed by atoms with E-state index in [0.717, 1.165) is 12.8 Å². The molecule has 5 heteroatoms. The predicted octanol–water partition coefficient (Wildman–Crippen LogP) is 3.41. The second kappa shape index (κ2) is 6.57. The Balaban J connectivity index is 2.38. The van der Waals surface area contributed by atoms with Crippen molar-refractivity contribution in [3.63, 3.8) is 0 Å². The van der Waals surface area contributed by atoms with Gasteiger partial charge >= 0.3 is 5.97 Å². The van der Waals surface area contributed by atoms with Crippen LogP contribution in [0.1, 0.15) is 25.3 Å². The number of benzene rings is 1. The molecule has 1 aliphatic rings. The van der Waals surface area contributed by atoms with Crippen LogP contribution in [-0.2, 0) is 9.53 Å². The van der Waals surface area contributed by atoms with Gasteiger partial charge in [0.05, 0.1) is 17.7 Å². The second-order valence-electron chi connectivity index (χ2n) is 4.47. The maximum Gasteiger partial charge on any atom is 0.343 e. The molecule has 0 aliphatic heterocycles. The van der Waals surface area contributed by atoms with E-state index < -0.39 is 5.97 Å². The zero-order chi connectivity index (χ0) is 14.5. The van der Waals surface area contributed by atoms with Crippen molar-refractivity contribution >= 4 is 29.5 Å². The third-order valence-electron chi connectivity index (χ3n) is 2.84. The van der Waals surface area contributed by atoms with E-state index >= 15 is 0 Å². The Kier molecular flexibility index (Phi) is 4.79. The molecule has 0 spiro atoms. The molecule has 1 saturated carbocycles. The molecule has 0 aromatic heterocycles. The molecule has 0 bridgehead atoms. The fraction of sp³-hybridized carbons (Fsp3) is 0.333. The number of carbonyl (C=O) groups excluding carboxylic acids is 1. The van der Waals surface area contributed by atoms with Gasteiger partial charge in [-0.2, -0.15) is 0 Å². The van der Waals surface area contributed by atoms with Crippen LogP contribution in [0.25, 0.3) is 5.76 Å². The standard InChI is InChI=1S/C15H16ClNO3/c1-2-20-15(19)12(9-17-10-7-8-10)14(18)11-5-3-4-6-13(11)16/h3-6,9-10,18H,2,7-8H2,1H3/b14-12-,17-9?. The molecule has 2 rings (SSSR count). The average Bonchev–Trinajstić information content (AvgIpc) is 3.23. The highest BCUT2D eigenvalue weighted by Gasteiger charge is 2.22. The first-order chi connectivity index (χ1) is 9.63. The SMILES string of the molecule is CCOC(=O)/C(C=NC1CC1)=C(\O)c1ccccc1Cl. The van der Waals surface area contributed by atoms with Gasteiger partial charge in [0.25, 0.3) is 0 Å². The van der Waals surface area contributed by atoms with Gasteiger partial charge < -0.3 is 9.84 Å². The lowest BCUT2D eigenvalue weighted by atomic mass is 10.1. The highest BCUT2D eigenvalue weighted by atomic mass is 35.5. The Labute approximate surface area is 122 Å². The van der Waals surface area contributed by atoms with Gasteiger partial charge in [-0.05, 0) is 31.9 Å². The van der Waals surface area contributed by atoms with E-state index in [1.54, 1.807) is 31.2 Å². The second-order valence-corrected chi connectivity index (χ2v) is 4.88. The first kappa shape index (κ1) is 14.6. The summed E-state index contributed by atoms with van der Waals surface area (Å²) in [7, 11) is 0. The summed E-state index contributed by atoms with van der Waals surface area (Å²) in [6.07, 6.45) is 3.41. The number of aliphatic hydroxyl groups is 1. The minimum Gasteiger partial charge on any atom is -0.506 e. The molecule has 0 heterocycles. The number of rotatable bonds is 5. The zero-order valence-electron chi connectivity index (χ0n) is 11.2. The van der Waals surface area contributed by atoms with Crippen molar-refractivity contribution in [2.24, 2.45) is 4.99 Å². The van der Waals surface area contributed by atoms with Crippen LogP contribution in [0.3, 0.4) is 0 Å². The van der Waals surface area contributed by atoms with Gasteiger partial charge in [0.1, 0.15) is 11.3 Å². The monoisotopic (exact) mass is 293 g/mol. The molecule has 1 aromatic carbocycles. The van der Waals surface area contributed by atoms with E-state index in [-0.39, 0.29) is 24.0 Å². The quantitative estimate of drug-likeness (QED) is 0.392. The summed E-state index contributed by atoms with van der Waals surface area (Å²) in [5.41, 5.74) is 0.423. The Morgan fingerprint density at radius 3 is 2.80 bits per heavy atom. The molecule has 1 N–H and O–H groups in total. The van der Waals surface area contributed by atoms with Gasteiger partial charge in [0, 0.05) is 11.8 Å². The number of esters is 1. The fourth-order valence-electron chi connectivity index (χ4n) is 1.62. The van der Waals surface area contributed by atoms with Crippen LogP contribution in [0.2, 0.25) is 5.02 Å². The number of halogens is 1. The van der Waals surface area contributed by atoms with Crippen molar-refractivity contribution in [1.82, 2.24) is 0 Å². The van der Waals surface area contributed by atoms with Crippen LogP contribution < -0.4 is 0 Å². The van der Waals surface area contributed by atoms with E-state index in [2.05, 4.69) is 4.99 Å². The minimum atomic E-state index is -0.602. The van der Waals surface area contributed by atoms with Crippen LogP contribution in [0.15, 0.2) is 34.8 Å². The summed E-state index contributed by atoms with van der Waals surface area (Å²) < 4.78 is 4.95. The lowest BCUT2D eigenvalue weighted by Crippen LogP contribution is -2.11. The Morgan fingerprint density at radius 2 is 2.20 bits per heavy atom.